The Morgan fingerprint density at radius 2 is 1.63 bits per heavy atom. The summed E-state index contributed by atoms with van der Waals surface area (Å²) in [7, 11) is 0. The maximum Gasteiger partial charge on any atom is 0.182 e. The predicted octanol–water partition coefficient (Wildman–Crippen LogP) is 2.98. The zero-order valence-corrected chi connectivity index (χ0v) is 10.3. The Morgan fingerprint density at radius 3 is 2.32 bits per heavy atom. The van der Waals surface area contributed by atoms with E-state index in [0.717, 1.165) is 5.75 Å². The molecule has 1 aromatic heterocycles. The number of hydrogen-bond donors (Lipinski definition) is 0. The van der Waals surface area contributed by atoms with Crippen molar-refractivity contribution >= 4 is 0 Å². The molecular formula is C15H13N3O. The monoisotopic (exact) mass is 251 g/mol. The van der Waals surface area contributed by atoms with Crippen molar-refractivity contribution in [3.05, 3.63) is 67.3 Å². The van der Waals surface area contributed by atoms with E-state index in [1.807, 2.05) is 42.5 Å². The van der Waals surface area contributed by atoms with E-state index in [1.54, 1.807) is 11.0 Å². The third-order valence-electron chi connectivity index (χ3n) is 2.79. The highest BCUT2D eigenvalue weighted by molar-refractivity contribution is 5.63. The number of nitrogens with zero attached hydrogens (tertiary/aromatic N) is 3. The Labute approximate surface area is 111 Å². The summed E-state index contributed by atoms with van der Waals surface area (Å²) in [5.41, 5.74) is 2.37. The van der Waals surface area contributed by atoms with Crippen LogP contribution in [0.1, 0.15) is 0 Å². The number of hydrogen-bond acceptors (Lipinski definition) is 3. The number of ether oxygens (including phenoxy) is 1. The molecule has 0 saturated heterocycles. The molecule has 0 radical (unpaired) electrons. The summed E-state index contributed by atoms with van der Waals surface area (Å²) >= 11 is 0. The number of benzene rings is 2. The van der Waals surface area contributed by atoms with Crippen LogP contribution in [0.2, 0.25) is 0 Å². The van der Waals surface area contributed by atoms with Crippen molar-refractivity contribution in [2.24, 2.45) is 0 Å². The fourth-order valence-electron chi connectivity index (χ4n) is 1.81. The van der Waals surface area contributed by atoms with Gasteiger partial charge in [0.05, 0.1) is 0 Å². The lowest BCUT2D eigenvalue weighted by Gasteiger charge is -2.07. The maximum absolute atomic E-state index is 5.60. The summed E-state index contributed by atoms with van der Waals surface area (Å²) in [5.74, 6) is 0.815. The first-order chi connectivity index (χ1) is 9.42. The summed E-state index contributed by atoms with van der Waals surface area (Å²) < 4.78 is 7.23. The van der Waals surface area contributed by atoms with Crippen LogP contribution in [0.15, 0.2) is 67.3 Å². The Hall–Kier alpha value is -2.62. The second-order valence-electron chi connectivity index (χ2n) is 4.10. The number of rotatable bonds is 4. The van der Waals surface area contributed by atoms with Crippen molar-refractivity contribution in [1.29, 1.82) is 0 Å². The van der Waals surface area contributed by atoms with Crippen LogP contribution in [0.25, 0.3) is 11.1 Å². The Balaban J connectivity index is 1.69. The molecule has 0 amide bonds. The van der Waals surface area contributed by atoms with Crippen molar-refractivity contribution in [2.45, 2.75) is 6.73 Å². The molecule has 0 saturated carbocycles. The lowest BCUT2D eigenvalue weighted by Crippen LogP contribution is -2.05. The fraction of sp³-hybridized carbons (Fsp3) is 0.0667. The van der Waals surface area contributed by atoms with Crippen LogP contribution in [-0.4, -0.2) is 14.8 Å². The predicted molar refractivity (Wildman–Crippen MR) is 72.5 cm³/mol. The molecule has 0 bridgehead atoms. The quantitative estimate of drug-likeness (QED) is 0.715. The standard InChI is InChI=1S/C15H13N3O/c1-2-4-13(5-3-1)14-6-8-15(9-7-14)19-12-18-11-16-10-17-18/h1-11H,12H2. The molecular weight excluding hydrogens is 238 g/mol. The van der Waals surface area contributed by atoms with Gasteiger partial charge in [-0.3, -0.25) is 0 Å². The Bertz CT molecular complexity index is 618. The molecule has 4 nitrogen and oxygen atoms in total. The van der Waals surface area contributed by atoms with E-state index >= 15 is 0 Å². The van der Waals surface area contributed by atoms with Gasteiger partial charge < -0.3 is 4.74 Å². The molecule has 0 fully saturated rings. The molecule has 0 aliphatic rings. The average molecular weight is 251 g/mol. The van der Waals surface area contributed by atoms with E-state index in [1.165, 1.54) is 17.5 Å². The summed E-state index contributed by atoms with van der Waals surface area (Å²) in [5, 5.41) is 3.98. The van der Waals surface area contributed by atoms with E-state index in [0.29, 0.717) is 6.73 Å². The molecule has 19 heavy (non-hydrogen) atoms. The van der Waals surface area contributed by atoms with Crippen LogP contribution < -0.4 is 4.74 Å². The smallest absolute Gasteiger partial charge is 0.182 e. The van der Waals surface area contributed by atoms with E-state index in [9.17, 15) is 0 Å². The highest BCUT2D eigenvalue weighted by Crippen LogP contribution is 2.22. The highest BCUT2D eigenvalue weighted by atomic mass is 16.5. The van der Waals surface area contributed by atoms with E-state index in [2.05, 4.69) is 22.2 Å². The third kappa shape index (κ3) is 2.80. The molecule has 0 aliphatic carbocycles. The normalized spacial score (nSPS) is 10.3. The summed E-state index contributed by atoms with van der Waals surface area (Å²) in [6.45, 7) is 0.366. The van der Waals surface area contributed by atoms with Gasteiger partial charge in [-0.15, -0.1) is 0 Å². The number of aromatic nitrogens is 3. The Morgan fingerprint density at radius 1 is 0.895 bits per heavy atom. The molecule has 0 atom stereocenters. The molecule has 0 aliphatic heterocycles. The van der Waals surface area contributed by atoms with Crippen LogP contribution in [0.5, 0.6) is 5.75 Å². The minimum atomic E-state index is 0.366. The van der Waals surface area contributed by atoms with Gasteiger partial charge >= 0.3 is 0 Å². The second kappa shape index (κ2) is 5.35. The van der Waals surface area contributed by atoms with Gasteiger partial charge in [-0.1, -0.05) is 42.5 Å². The van der Waals surface area contributed by atoms with Crippen LogP contribution in [0.3, 0.4) is 0 Å². The van der Waals surface area contributed by atoms with Crippen molar-refractivity contribution in [3.63, 3.8) is 0 Å². The van der Waals surface area contributed by atoms with Gasteiger partial charge in [0.15, 0.2) is 6.73 Å². The van der Waals surface area contributed by atoms with Crippen molar-refractivity contribution < 1.29 is 4.74 Å². The van der Waals surface area contributed by atoms with Gasteiger partial charge in [0, 0.05) is 0 Å². The molecule has 3 rings (SSSR count). The highest BCUT2D eigenvalue weighted by Gasteiger charge is 1.98. The van der Waals surface area contributed by atoms with Gasteiger partial charge in [0.1, 0.15) is 18.4 Å². The molecule has 1 heterocycles. The van der Waals surface area contributed by atoms with E-state index in [4.69, 9.17) is 4.74 Å². The molecule has 2 aromatic carbocycles. The van der Waals surface area contributed by atoms with Crippen molar-refractivity contribution in [3.8, 4) is 16.9 Å². The molecule has 3 aromatic rings. The van der Waals surface area contributed by atoms with Crippen LogP contribution in [0.4, 0.5) is 0 Å². The summed E-state index contributed by atoms with van der Waals surface area (Å²) in [6.07, 6.45) is 3.11. The van der Waals surface area contributed by atoms with Crippen LogP contribution in [-0.2, 0) is 6.73 Å². The lowest BCUT2D eigenvalue weighted by atomic mass is 10.1. The first-order valence-corrected chi connectivity index (χ1v) is 6.02. The molecule has 0 spiro atoms. The van der Waals surface area contributed by atoms with Gasteiger partial charge in [0.2, 0.25) is 0 Å². The average Bonchev–Trinajstić information content (AvgIpc) is 3.00. The molecule has 0 unspecified atom stereocenters. The van der Waals surface area contributed by atoms with Crippen LogP contribution in [0, 0.1) is 0 Å². The van der Waals surface area contributed by atoms with Crippen molar-refractivity contribution in [2.75, 3.05) is 0 Å². The SMILES string of the molecule is c1ccc(-c2ccc(OCn3cncn3)cc2)cc1. The summed E-state index contributed by atoms with van der Waals surface area (Å²) in [6, 6.07) is 18.3. The molecule has 4 heteroatoms. The zero-order valence-electron chi connectivity index (χ0n) is 10.3. The van der Waals surface area contributed by atoms with Gasteiger partial charge in [-0.05, 0) is 23.3 Å². The van der Waals surface area contributed by atoms with Crippen molar-refractivity contribution in [1.82, 2.24) is 14.8 Å². The minimum Gasteiger partial charge on any atom is -0.471 e. The zero-order chi connectivity index (χ0) is 12.9. The van der Waals surface area contributed by atoms with Crippen LogP contribution >= 0.6 is 0 Å². The first-order valence-electron chi connectivity index (χ1n) is 6.02. The van der Waals surface area contributed by atoms with Gasteiger partial charge in [-0.25, -0.2) is 9.67 Å². The second-order valence-corrected chi connectivity index (χ2v) is 4.10. The molecule has 94 valence electrons. The fourth-order valence-corrected chi connectivity index (χ4v) is 1.81. The lowest BCUT2D eigenvalue weighted by molar-refractivity contribution is 0.220. The van der Waals surface area contributed by atoms with Gasteiger partial charge in [-0.2, -0.15) is 5.10 Å². The van der Waals surface area contributed by atoms with E-state index in [-0.39, 0.29) is 0 Å². The first kappa shape index (κ1) is 11.5. The summed E-state index contributed by atoms with van der Waals surface area (Å²) in [4.78, 5) is 3.86. The maximum atomic E-state index is 5.60. The largest absolute Gasteiger partial charge is 0.471 e. The van der Waals surface area contributed by atoms with E-state index < -0.39 is 0 Å². The Kier molecular flexibility index (Phi) is 3.23. The minimum absolute atomic E-state index is 0.366. The van der Waals surface area contributed by atoms with Gasteiger partial charge in [0.25, 0.3) is 0 Å². The molecule has 0 N–H and O–H groups in total. The third-order valence-corrected chi connectivity index (χ3v) is 2.79. The topological polar surface area (TPSA) is 39.9 Å².